The average molecular weight is 244 g/mol. The second-order valence-electron chi connectivity index (χ2n) is 3.39. The molecule has 0 spiro atoms. The molecule has 0 aromatic rings. The highest BCUT2D eigenvalue weighted by Gasteiger charge is 2.26. The highest BCUT2D eigenvalue weighted by molar-refractivity contribution is 7.81. The first-order valence-electron chi connectivity index (χ1n) is 4.16. The lowest BCUT2D eigenvalue weighted by atomic mass is 10.0. The molecule has 0 fully saturated rings. The highest BCUT2D eigenvalue weighted by Crippen LogP contribution is 2.19. The van der Waals surface area contributed by atoms with E-state index in [4.69, 9.17) is 10.1 Å². The molecule has 15 heavy (non-hydrogen) atoms. The molecule has 0 amide bonds. The van der Waals surface area contributed by atoms with Gasteiger partial charge in [0, 0.05) is 0 Å². The molecule has 0 aliphatic heterocycles. The Balaban J connectivity index is 0. The van der Waals surface area contributed by atoms with E-state index in [0.29, 0.717) is 19.4 Å². The molecule has 0 radical (unpaired) electrons. The zero-order valence-corrected chi connectivity index (χ0v) is 10.2. The fourth-order valence-electron chi connectivity index (χ4n) is 0.933. The van der Waals surface area contributed by atoms with Crippen molar-refractivity contribution in [2.24, 2.45) is 5.90 Å². The van der Waals surface area contributed by atoms with Gasteiger partial charge >= 0.3 is 10.4 Å². The van der Waals surface area contributed by atoms with Gasteiger partial charge < -0.3 is 11.0 Å². The summed E-state index contributed by atoms with van der Waals surface area (Å²) in [5, 5.41) is 0. The summed E-state index contributed by atoms with van der Waals surface area (Å²) >= 11 is 0. The minimum absolute atomic E-state index is 0. The van der Waals surface area contributed by atoms with Crippen molar-refractivity contribution in [1.29, 1.82) is 0 Å². The van der Waals surface area contributed by atoms with E-state index in [2.05, 4.69) is 9.02 Å². The van der Waals surface area contributed by atoms with Crippen LogP contribution in [-0.2, 0) is 23.6 Å². The Hall–Kier alpha value is -0.250. The van der Waals surface area contributed by atoms with Crippen molar-refractivity contribution < 1.29 is 21.6 Å². The maximum Gasteiger partial charge on any atom is 0.400 e. The molecule has 5 N–H and O–H groups in total. The van der Waals surface area contributed by atoms with Gasteiger partial charge in [0.25, 0.3) is 0 Å². The van der Waals surface area contributed by atoms with E-state index in [9.17, 15) is 8.42 Å². The van der Waals surface area contributed by atoms with E-state index in [1.165, 1.54) is 0 Å². The van der Waals surface area contributed by atoms with Gasteiger partial charge in [-0.1, -0.05) is 0 Å². The van der Waals surface area contributed by atoms with Crippen LogP contribution in [0.1, 0.15) is 26.7 Å². The van der Waals surface area contributed by atoms with Gasteiger partial charge in [0.2, 0.25) is 0 Å². The Morgan fingerprint density at radius 1 is 1.33 bits per heavy atom. The maximum atomic E-state index is 10.9. The summed E-state index contributed by atoms with van der Waals surface area (Å²) < 4.78 is 30.8. The maximum absolute atomic E-state index is 10.9. The fraction of sp³-hybridized carbons (Fsp3) is 1.00. The molecule has 0 atom stereocenters. The van der Waals surface area contributed by atoms with Crippen LogP contribution in [0.15, 0.2) is 0 Å². The second-order valence-corrected chi connectivity index (χ2v) is 4.71. The Morgan fingerprint density at radius 3 is 2.27 bits per heavy atom. The van der Waals surface area contributed by atoms with Crippen molar-refractivity contribution in [2.75, 3.05) is 13.7 Å². The largest absolute Gasteiger partial charge is 0.400 e. The van der Waals surface area contributed by atoms with Crippen molar-refractivity contribution >= 4 is 10.4 Å². The van der Waals surface area contributed by atoms with Gasteiger partial charge in [-0.3, -0.25) is 4.18 Å². The van der Waals surface area contributed by atoms with Crippen LogP contribution in [0, 0.1) is 0 Å². The van der Waals surface area contributed by atoms with Crippen LogP contribution in [-0.4, -0.2) is 27.7 Å². The van der Waals surface area contributed by atoms with Gasteiger partial charge in [0.1, 0.15) is 0 Å². The number of nitrogens with two attached hydrogens (primary N) is 1. The predicted octanol–water partition coefficient (Wildman–Crippen LogP) is 0.505. The minimum Gasteiger partial charge on any atom is -0.344 e. The third-order valence-corrected chi connectivity index (χ3v) is 2.64. The third kappa shape index (κ3) is 8.73. The molecule has 0 unspecified atom stereocenters. The van der Waals surface area contributed by atoms with Crippen LogP contribution in [0.4, 0.5) is 0 Å². The van der Waals surface area contributed by atoms with Gasteiger partial charge in [-0.05, 0) is 26.7 Å². The van der Waals surface area contributed by atoms with Crippen molar-refractivity contribution in [3.05, 3.63) is 0 Å². The quantitative estimate of drug-likeness (QED) is 0.494. The Labute approximate surface area is 90.7 Å². The Kier molecular flexibility index (Phi) is 8.11. The molecule has 0 heterocycles. The minimum atomic E-state index is -3.89. The SMILES string of the molecule is COS(=O)(=O)OC(C)(C)CCCON.N. The zero-order valence-electron chi connectivity index (χ0n) is 9.36. The van der Waals surface area contributed by atoms with E-state index in [-0.39, 0.29) is 6.15 Å². The van der Waals surface area contributed by atoms with Crippen molar-refractivity contribution in [3.8, 4) is 0 Å². The van der Waals surface area contributed by atoms with E-state index in [1.807, 2.05) is 0 Å². The van der Waals surface area contributed by atoms with Gasteiger partial charge in [-0.15, -0.1) is 0 Å². The van der Waals surface area contributed by atoms with Gasteiger partial charge in [-0.2, -0.15) is 8.42 Å². The lowest BCUT2D eigenvalue weighted by Crippen LogP contribution is -2.29. The summed E-state index contributed by atoms with van der Waals surface area (Å²) in [6.45, 7) is 3.67. The molecule has 7 nitrogen and oxygen atoms in total. The summed E-state index contributed by atoms with van der Waals surface area (Å²) in [4.78, 5) is 4.36. The van der Waals surface area contributed by atoms with E-state index < -0.39 is 16.0 Å². The summed E-state index contributed by atoms with van der Waals surface area (Å²) in [6.07, 6.45) is 1.12. The molecule has 0 bridgehead atoms. The van der Waals surface area contributed by atoms with Crippen LogP contribution in [0.5, 0.6) is 0 Å². The van der Waals surface area contributed by atoms with Gasteiger partial charge in [0.05, 0.1) is 19.3 Å². The first-order chi connectivity index (χ1) is 6.33. The molecular weight excluding hydrogens is 224 g/mol. The fourth-order valence-corrected chi connectivity index (χ4v) is 1.64. The molecule has 94 valence electrons. The van der Waals surface area contributed by atoms with E-state index in [1.54, 1.807) is 13.8 Å². The van der Waals surface area contributed by atoms with E-state index >= 15 is 0 Å². The number of hydrogen-bond acceptors (Lipinski definition) is 7. The Bertz CT molecular complexity index is 252. The van der Waals surface area contributed by atoms with Gasteiger partial charge in [0.15, 0.2) is 0 Å². The van der Waals surface area contributed by atoms with Crippen LogP contribution in [0.3, 0.4) is 0 Å². The molecular formula is C7H20N2O5S. The second kappa shape index (κ2) is 7.09. The molecule has 0 saturated heterocycles. The summed E-state index contributed by atoms with van der Waals surface area (Å²) in [6, 6.07) is 0. The molecule has 0 aliphatic rings. The molecule has 0 aromatic carbocycles. The molecule has 0 aromatic heterocycles. The average Bonchev–Trinajstić information content (AvgIpc) is 2.03. The first kappa shape index (κ1) is 17.2. The molecule has 0 saturated carbocycles. The third-order valence-electron chi connectivity index (χ3n) is 1.57. The number of rotatable bonds is 7. The highest BCUT2D eigenvalue weighted by atomic mass is 32.3. The summed E-state index contributed by atoms with van der Waals surface area (Å²) in [5.74, 6) is 4.83. The summed E-state index contributed by atoms with van der Waals surface area (Å²) in [5.41, 5.74) is -0.812. The first-order valence-corrected chi connectivity index (χ1v) is 5.49. The van der Waals surface area contributed by atoms with Crippen LogP contribution in [0.2, 0.25) is 0 Å². The smallest absolute Gasteiger partial charge is 0.344 e. The summed E-state index contributed by atoms with van der Waals surface area (Å²) in [7, 11) is -2.84. The monoisotopic (exact) mass is 244 g/mol. The predicted molar refractivity (Wildman–Crippen MR) is 55.5 cm³/mol. The van der Waals surface area contributed by atoms with Crippen molar-refractivity contribution in [1.82, 2.24) is 6.15 Å². The van der Waals surface area contributed by atoms with Crippen molar-refractivity contribution in [2.45, 2.75) is 32.3 Å². The molecule has 0 aliphatic carbocycles. The van der Waals surface area contributed by atoms with Gasteiger partial charge in [-0.25, -0.2) is 10.1 Å². The lowest BCUT2D eigenvalue weighted by Gasteiger charge is -2.22. The normalized spacial score (nSPS) is 12.3. The lowest BCUT2D eigenvalue weighted by molar-refractivity contribution is 0.0646. The topological polar surface area (TPSA) is 123 Å². The van der Waals surface area contributed by atoms with E-state index in [0.717, 1.165) is 7.11 Å². The van der Waals surface area contributed by atoms with Crippen LogP contribution >= 0.6 is 0 Å². The number of hydrogen-bond donors (Lipinski definition) is 2. The standard InChI is InChI=1S/C7H17NO5S.H3N/c1-7(2,5-4-6-12-8)13-14(9,10)11-3;/h4-6,8H2,1-3H3;1H3. The molecule has 8 heteroatoms. The molecule has 0 rings (SSSR count). The van der Waals surface area contributed by atoms with Crippen LogP contribution < -0.4 is 12.0 Å². The van der Waals surface area contributed by atoms with Crippen molar-refractivity contribution in [3.63, 3.8) is 0 Å². The van der Waals surface area contributed by atoms with Crippen LogP contribution in [0.25, 0.3) is 0 Å². The zero-order chi connectivity index (χ0) is 11.2. The Morgan fingerprint density at radius 2 is 1.87 bits per heavy atom.